The molecule has 1 amide bonds. The summed E-state index contributed by atoms with van der Waals surface area (Å²) in [5.41, 5.74) is 8.53. The number of aryl methyl sites for hydroxylation is 3. The maximum atomic E-state index is 12.6. The number of benzene rings is 2. The lowest BCUT2D eigenvalue weighted by molar-refractivity contribution is -0.111. The molecule has 0 bridgehead atoms. The third-order valence-electron chi connectivity index (χ3n) is 5.62. The average molecular weight is 427 g/mol. The zero-order valence-corrected chi connectivity index (χ0v) is 18.9. The highest BCUT2D eigenvalue weighted by molar-refractivity contribution is 6.06. The van der Waals surface area contributed by atoms with Crippen molar-refractivity contribution in [1.29, 1.82) is 0 Å². The van der Waals surface area contributed by atoms with E-state index in [0.717, 1.165) is 38.8 Å². The van der Waals surface area contributed by atoms with Crippen LogP contribution >= 0.6 is 0 Å². The molecule has 0 saturated carbocycles. The van der Waals surface area contributed by atoms with Crippen molar-refractivity contribution in [2.24, 2.45) is 0 Å². The average Bonchev–Trinajstić information content (AvgIpc) is 3.18. The number of pyridine rings is 1. The zero-order valence-electron chi connectivity index (χ0n) is 18.9. The molecule has 5 heteroatoms. The second-order valence-electron chi connectivity index (χ2n) is 7.99. The van der Waals surface area contributed by atoms with Crippen LogP contribution in [0.4, 0.5) is 5.69 Å². The van der Waals surface area contributed by atoms with Gasteiger partial charge in [0.25, 0.3) is 0 Å². The molecule has 2 aromatic carbocycles. The van der Waals surface area contributed by atoms with E-state index in [1.165, 1.54) is 11.1 Å². The Hall–Kier alpha value is -3.86. The summed E-state index contributed by atoms with van der Waals surface area (Å²) in [6.45, 7) is 8.07. The van der Waals surface area contributed by atoms with Crippen molar-refractivity contribution in [3.63, 3.8) is 0 Å². The molecule has 2 aromatic heterocycles. The molecule has 0 atom stereocenters. The molecule has 4 rings (SSSR count). The molecule has 4 aromatic rings. The van der Waals surface area contributed by atoms with E-state index < -0.39 is 0 Å². The molecule has 32 heavy (non-hydrogen) atoms. The van der Waals surface area contributed by atoms with Gasteiger partial charge in [0.05, 0.1) is 25.3 Å². The second kappa shape index (κ2) is 8.71. The molecule has 0 fully saturated rings. The fourth-order valence-electron chi connectivity index (χ4n) is 4.09. The number of carbonyl (C=O) groups excluding carboxylic acids is 1. The predicted molar refractivity (Wildman–Crippen MR) is 129 cm³/mol. The van der Waals surface area contributed by atoms with E-state index in [0.29, 0.717) is 11.4 Å². The summed E-state index contributed by atoms with van der Waals surface area (Å²) < 4.78 is 11.7. The monoisotopic (exact) mass is 426 g/mol. The quantitative estimate of drug-likeness (QED) is 0.371. The molecule has 0 unspecified atom stereocenters. The smallest absolute Gasteiger partial charge is 0.248 e. The lowest BCUT2D eigenvalue weighted by Gasteiger charge is -2.14. The Labute approximate surface area is 187 Å². The number of methoxy groups -OCH3 is 1. The number of carbonyl (C=O) groups is 1. The van der Waals surface area contributed by atoms with Gasteiger partial charge in [0.2, 0.25) is 5.91 Å². The molecule has 0 saturated heterocycles. The lowest BCUT2D eigenvalue weighted by Crippen LogP contribution is -2.08. The number of hydrogen-bond acceptors (Lipinski definition) is 4. The molecule has 0 radical (unpaired) electrons. The molecule has 162 valence electrons. The van der Waals surface area contributed by atoms with E-state index >= 15 is 0 Å². The van der Waals surface area contributed by atoms with Gasteiger partial charge in [-0.15, -0.1) is 0 Å². The minimum absolute atomic E-state index is 0.225. The van der Waals surface area contributed by atoms with E-state index in [2.05, 4.69) is 42.3 Å². The van der Waals surface area contributed by atoms with Crippen molar-refractivity contribution in [3.8, 4) is 16.9 Å². The van der Waals surface area contributed by atoms with E-state index in [1.807, 2.05) is 19.9 Å². The third-order valence-corrected chi connectivity index (χ3v) is 5.62. The van der Waals surface area contributed by atoms with Crippen LogP contribution in [0, 0.1) is 20.8 Å². The van der Waals surface area contributed by atoms with Crippen molar-refractivity contribution in [2.45, 2.75) is 27.7 Å². The van der Waals surface area contributed by atoms with Gasteiger partial charge in [0, 0.05) is 34.3 Å². The Morgan fingerprint density at radius 2 is 1.94 bits per heavy atom. The zero-order chi connectivity index (χ0) is 22.8. The van der Waals surface area contributed by atoms with E-state index in [1.54, 1.807) is 44.0 Å². The fourth-order valence-corrected chi connectivity index (χ4v) is 4.09. The van der Waals surface area contributed by atoms with Crippen LogP contribution < -0.4 is 10.1 Å². The molecule has 0 spiro atoms. The van der Waals surface area contributed by atoms with Crippen LogP contribution in [0.1, 0.15) is 29.2 Å². The normalized spacial score (nSPS) is 11.6. The highest BCUT2D eigenvalue weighted by Gasteiger charge is 2.19. The molecule has 2 heterocycles. The molecule has 0 aliphatic heterocycles. The van der Waals surface area contributed by atoms with Gasteiger partial charge in [-0.3, -0.25) is 9.78 Å². The van der Waals surface area contributed by atoms with Gasteiger partial charge in [-0.2, -0.15) is 0 Å². The Balaban J connectivity index is 1.80. The first-order valence-electron chi connectivity index (χ1n) is 10.4. The molecular formula is C27H26N2O3. The Morgan fingerprint density at radius 3 is 2.62 bits per heavy atom. The highest BCUT2D eigenvalue weighted by atomic mass is 16.5. The summed E-state index contributed by atoms with van der Waals surface area (Å²) >= 11 is 0. The van der Waals surface area contributed by atoms with Crippen LogP contribution in [-0.4, -0.2) is 18.0 Å². The number of nitrogens with zero attached hydrogens (tertiary/aromatic N) is 1. The number of ether oxygens (including phenoxy) is 1. The van der Waals surface area contributed by atoms with Crippen molar-refractivity contribution in [1.82, 2.24) is 4.98 Å². The second-order valence-corrected chi connectivity index (χ2v) is 7.99. The third kappa shape index (κ3) is 4.02. The van der Waals surface area contributed by atoms with E-state index in [9.17, 15) is 4.79 Å². The number of anilines is 1. The molecule has 5 nitrogen and oxygen atoms in total. The lowest BCUT2D eigenvalue weighted by atomic mass is 9.94. The molecule has 0 aliphatic rings. The summed E-state index contributed by atoms with van der Waals surface area (Å²) in [5.74, 6) is 0.471. The summed E-state index contributed by atoms with van der Waals surface area (Å²) in [6, 6.07) is 12.0. The van der Waals surface area contributed by atoms with Crippen LogP contribution in [0.2, 0.25) is 0 Å². The number of amides is 1. The summed E-state index contributed by atoms with van der Waals surface area (Å²) in [6.07, 6.45) is 6.65. The van der Waals surface area contributed by atoms with Crippen LogP contribution in [0.15, 0.2) is 65.5 Å². The van der Waals surface area contributed by atoms with Gasteiger partial charge in [0.1, 0.15) is 11.3 Å². The minimum Gasteiger partial charge on any atom is -0.496 e. The topological polar surface area (TPSA) is 64.4 Å². The molecular weight excluding hydrogens is 400 g/mol. The van der Waals surface area contributed by atoms with Crippen molar-refractivity contribution < 1.29 is 13.9 Å². The van der Waals surface area contributed by atoms with Crippen molar-refractivity contribution in [2.75, 3.05) is 12.4 Å². The number of nitrogens with one attached hydrogen (secondary N) is 1. The van der Waals surface area contributed by atoms with Gasteiger partial charge in [-0.05, 0) is 62.6 Å². The number of rotatable bonds is 5. The highest BCUT2D eigenvalue weighted by Crippen LogP contribution is 2.41. The van der Waals surface area contributed by atoms with Crippen LogP contribution in [-0.2, 0) is 4.79 Å². The molecule has 0 aliphatic carbocycles. The number of allylic oxidation sites excluding steroid dienone is 1. The maximum absolute atomic E-state index is 12.6. The van der Waals surface area contributed by atoms with Gasteiger partial charge in [0.15, 0.2) is 0 Å². The van der Waals surface area contributed by atoms with Gasteiger partial charge in [-0.1, -0.05) is 23.8 Å². The summed E-state index contributed by atoms with van der Waals surface area (Å²) in [5, 5.41) is 3.83. The van der Waals surface area contributed by atoms with E-state index in [-0.39, 0.29) is 5.91 Å². The summed E-state index contributed by atoms with van der Waals surface area (Å²) in [7, 11) is 1.63. The first-order chi connectivity index (χ1) is 15.4. The number of hydrogen-bond donors (Lipinski definition) is 1. The SMILES string of the molecule is COc1c(/C(C)=C/C(=O)Nc2cccnc2)cc2c(-c3ccc(C)cc3C)coc2c1C. The summed E-state index contributed by atoms with van der Waals surface area (Å²) in [4.78, 5) is 16.6. The Morgan fingerprint density at radius 1 is 1.12 bits per heavy atom. The number of aromatic nitrogens is 1. The van der Waals surface area contributed by atoms with Crippen LogP contribution in [0.3, 0.4) is 0 Å². The maximum Gasteiger partial charge on any atom is 0.248 e. The standard InChI is InChI=1S/C27H26N2O3/c1-16-8-9-21(17(2)11-16)24-15-32-27-19(4)26(31-5)22(13-23(24)27)18(3)12-25(30)29-20-7-6-10-28-14-20/h6-15H,1-5H3,(H,29,30)/b18-12+. The van der Waals surface area contributed by atoms with Gasteiger partial charge < -0.3 is 14.5 Å². The fraction of sp³-hybridized carbons (Fsp3) is 0.185. The predicted octanol–water partition coefficient (Wildman–Crippen LogP) is 6.47. The van der Waals surface area contributed by atoms with Gasteiger partial charge in [-0.25, -0.2) is 0 Å². The number of fused-ring (bicyclic) bond motifs is 1. The van der Waals surface area contributed by atoms with Crippen LogP contribution in [0.5, 0.6) is 5.75 Å². The first kappa shape index (κ1) is 21.4. The largest absolute Gasteiger partial charge is 0.496 e. The van der Waals surface area contributed by atoms with Crippen molar-refractivity contribution >= 4 is 28.1 Å². The Bertz CT molecular complexity index is 1330. The van der Waals surface area contributed by atoms with E-state index in [4.69, 9.17) is 9.15 Å². The first-order valence-corrected chi connectivity index (χ1v) is 10.4. The Kier molecular flexibility index (Phi) is 5.82. The number of furan rings is 1. The minimum atomic E-state index is -0.225. The van der Waals surface area contributed by atoms with Crippen LogP contribution in [0.25, 0.3) is 27.7 Å². The van der Waals surface area contributed by atoms with Gasteiger partial charge >= 0.3 is 0 Å². The van der Waals surface area contributed by atoms with Crippen molar-refractivity contribution in [3.05, 3.63) is 83.4 Å². The molecule has 1 N–H and O–H groups in total.